The van der Waals surface area contributed by atoms with Crippen molar-refractivity contribution in [3.05, 3.63) is 41.0 Å². The molecule has 0 bridgehead atoms. The Kier molecular flexibility index (Phi) is 3.51. The highest BCUT2D eigenvalue weighted by Gasteiger charge is 2.26. The molecule has 0 fully saturated rings. The van der Waals surface area contributed by atoms with Crippen molar-refractivity contribution in [2.75, 3.05) is 25.3 Å². The molecule has 0 spiro atoms. The summed E-state index contributed by atoms with van der Waals surface area (Å²) in [6, 6.07) is 7.09. The van der Waals surface area contributed by atoms with Gasteiger partial charge < -0.3 is 29.6 Å². The maximum atomic E-state index is 12.3. The number of anilines is 1. The summed E-state index contributed by atoms with van der Waals surface area (Å²) in [5.74, 6) is 3.13. The topological polar surface area (TPSA) is 78.1 Å². The quantitative estimate of drug-likeness (QED) is 0.886. The maximum Gasteiger partial charge on any atom is 0.319 e. The van der Waals surface area contributed by atoms with Gasteiger partial charge in [-0.05, 0) is 18.2 Å². The van der Waals surface area contributed by atoms with Gasteiger partial charge in [-0.3, -0.25) is 0 Å². The SMILES string of the molecule is O=C(NCc1c2c(cc3c1OCC3)OCC2)Nc1ccc2c(c1)OCO2. The molecule has 3 aliphatic heterocycles. The van der Waals surface area contributed by atoms with E-state index in [-0.39, 0.29) is 12.8 Å². The average Bonchev–Trinajstić information content (AvgIpc) is 3.37. The number of benzene rings is 2. The molecule has 0 saturated carbocycles. The molecule has 134 valence electrons. The van der Waals surface area contributed by atoms with Crippen LogP contribution in [0.5, 0.6) is 23.0 Å². The molecule has 7 nitrogen and oxygen atoms in total. The third-order valence-electron chi connectivity index (χ3n) is 4.82. The summed E-state index contributed by atoms with van der Waals surface area (Å²) in [5.41, 5.74) is 3.95. The predicted molar refractivity (Wildman–Crippen MR) is 93.3 cm³/mol. The summed E-state index contributed by atoms with van der Waals surface area (Å²) in [5, 5.41) is 5.74. The predicted octanol–water partition coefficient (Wildman–Crippen LogP) is 2.61. The van der Waals surface area contributed by atoms with Crippen LogP contribution in [-0.2, 0) is 19.4 Å². The van der Waals surface area contributed by atoms with Gasteiger partial charge in [0.25, 0.3) is 0 Å². The number of rotatable bonds is 3. The molecule has 3 heterocycles. The van der Waals surface area contributed by atoms with E-state index in [2.05, 4.69) is 16.7 Å². The van der Waals surface area contributed by atoms with E-state index >= 15 is 0 Å². The van der Waals surface area contributed by atoms with Gasteiger partial charge in [0, 0.05) is 47.8 Å². The Labute approximate surface area is 150 Å². The molecule has 7 heteroatoms. The van der Waals surface area contributed by atoms with Crippen LogP contribution in [-0.4, -0.2) is 26.0 Å². The normalized spacial score (nSPS) is 15.7. The molecular formula is C19H18N2O5. The van der Waals surface area contributed by atoms with Gasteiger partial charge in [0.05, 0.1) is 13.2 Å². The van der Waals surface area contributed by atoms with E-state index in [1.54, 1.807) is 18.2 Å². The van der Waals surface area contributed by atoms with Crippen LogP contribution in [0.4, 0.5) is 10.5 Å². The van der Waals surface area contributed by atoms with Crippen LogP contribution in [0.1, 0.15) is 16.7 Å². The third kappa shape index (κ3) is 2.56. The van der Waals surface area contributed by atoms with Crippen LogP contribution in [0.2, 0.25) is 0 Å². The minimum absolute atomic E-state index is 0.206. The number of hydrogen-bond donors (Lipinski definition) is 2. The molecule has 0 radical (unpaired) electrons. The van der Waals surface area contributed by atoms with Gasteiger partial charge in [-0.15, -0.1) is 0 Å². The molecule has 2 aromatic carbocycles. The molecule has 0 saturated heterocycles. The summed E-state index contributed by atoms with van der Waals surface area (Å²) in [6.45, 7) is 1.95. The number of ether oxygens (including phenoxy) is 4. The standard InChI is InChI=1S/C19H18N2O5/c22-19(21-12-1-2-15-17(8-12)26-10-25-15)20-9-14-13-4-6-23-16(13)7-11-3-5-24-18(11)14/h1-2,7-8H,3-6,9-10H2,(H2,20,21,22). The Morgan fingerprint density at radius 2 is 1.85 bits per heavy atom. The Balaban J connectivity index is 1.30. The van der Waals surface area contributed by atoms with Crippen LogP contribution in [0.3, 0.4) is 0 Å². The summed E-state index contributed by atoms with van der Waals surface area (Å²) in [6.07, 6.45) is 1.72. The fraction of sp³-hybridized carbons (Fsp3) is 0.316. The average molecular weight is 354 g/mol. The highest BCUT2D eigenvalue weighted by molar-refractivity contribution is 5.89. The zero-order valence-corrected chi connectivity index (χ0v) is 14.1. The van der Waals surface area contributed by atoms with Crippen molar-refractivity contribution in [2.45, 2.75) is 19.4 Å². The number of nitrogens with one attached hydrogen (secondary N) is 2. The first kappa shape index (κ1) is 15.2. The maximum absolute atomic E-state index is 12.3. The van der Waals surface area contributed by atoms with E-state index in [4.69, 9.17) is 18.9 Å². The second-order valence-electron chi connectivity index (χ2n) is 6.39. The van der Waals surface area contributed by atoms with Crippen molar-refractivity contribution >= 4 is 11.7 Å². The fourth-order valence-electron chi connectivity index (χ4n) is 3.59. The van der Waals surface area contributed by atoms with E-state index in [1.165, 1.54) is 0 Å². The molecule has 2 amide bonds. The first-order chi connectivity index (χ1) is 12.8. The van der Waals surface area contributed by atoms with E-state index in [0.717, 1.165) is 41.0 Å². The van der Waals surface area contributed by atoms with E-state index in [0.29, 0.717) is 36.9 Å². The first-order valence-electron chi connectivity index (χ1n) is 8.65. The molecule has 2 aromatic rings. The van der Waals surface area contributed by atoms with Crippen LogP contribution < -0.4 is 29.6 Å². The molecule has 3 aliphatic rings. The Morgan fingerprint density at radius 3 is 2.81 bits per heavy atom. The lowest BCUT2D eigenvalue weighted by molar-refractivity contribution is 0.174. The molecule has 0 atom stereocenters. The number of hydrogen-bond acceptors (Lipinski definition) is 5. The summed E-state index contributed by atoms with van der Waals surface area (Å²) < 4.78 is 22.1. The molecule has 0 aromatic heterocycles. The van der Waals surface area contributed by atoms with Gasteiger partial charge in [-0.25, -0.2) is 4.79 Å². The van der Waals surface area contributed by atoms with Crippen LogP contribution >= 0.6 is 0 Å². The lowest BCUT2D eigenvalue weighted by atomic mass is 9.99. The zero-order valence-electron chi connectivity index (χ0n) is 14.1. The summed E-state index contributed by atoms with van der Waals surface area (Å²) in [4.78, 5) is 12.3. The van der Waals surface area contributed by atoms with Gasteiger partial charge in [0.15, 0.2) is 11.5 Å². The monoisotopic (exact) mass is 354 g/mol. The van der Waals surface area contributed by atoms with Crippen molar-refractivity contribution in [1.82, 2.24) is 5.32 Å². The molecule has 0 unspecified atom stereocenters. The minimum atomic E-state index is -0.285. The second kappa shape index (κ2) is 6.01. The minimum Gasteiger partial charge on any atom is -0.493 e. The lowest BCUT2D eigenvalue weighted by Crippen LogP contribution is -2.28. The van der Waals surface area contributed by atoms with Crippen molar-refractivity contribution in [3.63, 3.8) is 0 Å². The van der Waals surface area contributed by atoms with E-state index < -0.39 is 0 Å². The first-order valence-corrected chi connectivity index (χ1v) is 8.65. The van der Waals surface area contributed by atoms with Crippen LogP contribution in [0.25, 0.3) is 0 Å². The molecule has 0 aliphatic carbocycles. The summed E-state index contributed by atoms with van der Waals surface area (Å²) >= 11 is 0. The zero-order chi connectivity index (χ0) is 17.5. The van der Waals surface area contributed by atoms with Gasteiger partial charge in [0.1, 0.15) is 11.5 Å². The Bertz CT molecular complexity index is 864. The molecular weight excluding hydrogens is 336 g/mol. The Hall–Kier alpha value is -3.09. The van der Waals surface area contributed by atoms with Gasteiger partial charge in [-0.1, -0.05) is 0 Å². The van der Waals surface area contributed by atoms with Crippen LogP contribution in [0, 0.1) is 0 Å². The fourth-order valence-corrected chi connectivity index (χ4v) is 3.59. The van der Waals surface area contributed by atoms with Crippen molar-refractivity contribution < 1.29 is 23.7 Å². The number of amides is 2. The number of urea groups is 1. The summed E-state index contributed by atoms with van der Waals surface area (Å²) in [7, 11) is 0. The number of carbonyl (C=O) groups is 1. The molecule has 2 N–H and O–H groups in total. The van der Waals surface area contributed by atoms with Gasteiger partial charge >= 0.3 is 6.03 Å². The van der Waals surface area contributed by atoms with Gasteiger partial charge in [0.2, 0.25) is 6.79 Å². The van der Waals surface area contributed by atoms with Crippen molar-refractivity contribution in [1.29, 1.82) is 0 Å². The van der Waals surface area contributed by atoms with Crippen molar-refractivity contribution in [3.8, 4) is 23.0 Å². The second-order valence-corrected chi connectivity index (χ2v) is 6.39. The smallest absolute Gasteiger partial charge is 0.319 e. The largest absolute Gasteiger partial charge is 0.493 e. The van der Waals surface area contributed by atoms with E-state index in [1.807, 2.05) is 0 Å². The molecule has 26 heavy (non-hydrogen) atoms. The Morgan fingerprint density at radius 1 is 0.962 bits per heavy atom. The van der Waals surface area contributed by atoms with Gasteiger partial charge in [-0.2, -0.15) is 0 Å². The third-order valence-corrected chi connectivity index (χ3v) is 4.82. The van der Waals surface area contributed by atoms with Crippen molar-refractivity contribution in [2.24, 2.45) is 0 Å². The van der Waals surface area contributed by atoms with Crippen LogP contribution in [0.15, 0.2) is 24.3 Å². The number of fused-ring (bicyclic) bond motifs is 3. The number of carbonyl (C=O) groups excluding carboxylic acids is 1. The lowest BCUT2D eigenvalue weighted by Gasteiger charge is -2.14. The van der Waals surface area contributed by atoms with E-state index in [9.17, 15) is 4.79 Å². The highest BCUT2D eigenvalue weighted by atomic mass is 16.7. The highest BCUT2D eigenvalue weighted by Crippen LogP contribution is 2.40. The molecule has 5 rings (SSSR count).